The second-order valence-electron chi connectivity index (χ2n) is 4.32. The Morgan fingerprint density at radius 2 is 1.78 bits per heavy atom. The zero-order valence-corrected chi connectivity index (χ0v) is 11.6. The second-order valence-corrected chi connectivity index (χ2v) is 7.49. The van der Waals surface area contributed by atoms with Crippen LogP contribution in [0, 0.1) is 0 Å². The molecule has 98 valence electrons. The molecule has 0 bridgehead atoms. The second kappa shape index (κ2) is 4.32. The fourth-order valence-electron chi connectivity index (χ4n) is 2.05. The highest BCUT2D eigenvalue weighted by Crippen LogP contribution is 2.43. The molecular weight excluding hydrogens is 324 g/mol. The molecule has 7 heteroatoms. The van der Waals surface area contributed by atoms with Gasteiger partial charge in [0.25, 0.3) is 0 Å². The summed E-state index contributed by atoms with van der Waals surface area (Å²) in [5.74, 6) is -1.41. The molecule has 1 aromatic rings. The molecule has 1 fully saturated rings. The maximum Gasteiger partial charge on any atom is 0.325 e. The minimum absolute atomic E-state index is 0.0417. The topological polar surface area (TPSA) is 91.7 Å². The lowest BCUT2D eigenvalue weighted by Gasteiger charge is -2.40. The molecule has 2 rings (SSSR count). The van der Waals surface area contributed by atoms with Crippen LogP contribution in [0.4, 0.5) is 0 Å². The Morgan fingerprint density at radius 1 is 1.28 bits per heavy atom. The van der Waals surface area contributed by atoms with Crippen LogP contribution in [0.15, 0.2) is 33.6 Å². The Morgan fingerprint density at radius 3 is 2.17 bits per heavy atom. The largest absolute Gasteiger partial charge is 0.480 e. The highest BCUT2D eigenvalue weighted by molar-refractivity contribution is 9.10. The number of aliphatic carboxylic acids is 1. The molecule has 0 atom stereocenters. The van der Waals surface area contributed by atoms with Crippen molar-refractivity contribution in [1.29, 1.82) is 0 Å². The molecule has 1 saturated carbocycles. The number of hydrogen-bond acceptors (Lipinski definition) is 4. The van der Waals surface area contributed by atoms with Gasteiger partial charge in [0.2, 0.25) is 0 Å². The number of benzene rings is 1. The van der Waals surface area contributed by atoms with E-state index in [2.05, 4.69) is 15.9 Å². The quantitative estimate of drug-likeness (QED) is 0.866. The van der Waals surface area contributed by atoms with Gasteiger partial charge in [-0.1, -0.05) is 15.9 Å². The van der Waals surface area contributed by atoms with Gasteiger partial charge in [-0.3, -0.25) is 4.79 Å². The molecule has 1 aromatic carbocycles. The predicted octanol–water partition coefficient (Wildman–Crippen LogP) is 1.20. The summed E-state index contributed by atoms with van der Waals surface area (Å²) >= 11 is 3.18. The normalized spacial score (nSPS) is 27.6. The molecule has 0 spiro atoms. The minimum atomic E-state index is -3.99. The fourth-order valence-corrected chi connectivity index (χ4v) is 4.31. The number of rotatable bonds is 3. The number of aliphatic hydroxyl groups is 1. The summed E-state index contributed by atoms with van der Waals surface area (Å²) in [4.78, 5) is 11.2. The predicted molar refractivity (Wildman–Crippen MR) is 66.9 cm³/mol. The van der Waals surface area contributed by atoms with Gasteiger partial charge < -0.3 is 10.2 Å². The number of sulfone groups is 1. The first-order valence-electron chi connectivity index (χ1n) is 5.21. The van der Waals surface area contributed by atoms with Gasteiger partial charge in [-0.05, 0) is 24.3 Å². The summed E-state index contributed by atoms with van der Waals surface area (Å²) in [5.41, 5.74) is 0. The van der Waals surface area contributed by atoms with Crippen molar-refractivity contribution in [2.75, 3.05) is 0 Å². The van der Waals surface area contributed by atoms with Gasteiger partial charge in [-0.15, -0.1) is 0 Å². The summed E-state index contributed by atoms with van der Waals surface area (Å²) < 4.78 is 23.5. The monoisotopic (exact) mass is 334 g/mol. The lowest BCUT2D eigenvalue weighted by molar-refractivity contribution is -0.146. The van der Waals surface area contributed by atoms with Crippen molar-refractivity contribution in [3.8, 4) is 0 Å². The minimum Gasteiger partial charge on any atom is -0.480 e. The zero-order chi connectivity index (χ0) is 13.6. The lowest BCUT2D eigenvalue weighted by Crippen LogP contribution is -2.58. The molecule has 1 aliphatic carbocycles. The van der Waals surface area contributed by atoms with Crippen LogP contribution in [-0.4, -0.2) is 35.5 Å². The van der Waals surface area contributed by atoms with Gasteiger partial charge in [0.15, 0.2) is 14.6 Å². The van der Waals surface area contributed by atoms with Gasteiger partial charge in [0.1, 0.15) is 0 Å². The van der Waals surface area contributed by atoms with E-state index in [1.54, 1.807) is 0 Å². The van der Waals surface area contributed by atoms with Crippen LogP contribution in [-0.2, 0) is 14.6 Å². The Balaban J connectivity index is 2.48. The zero-order valence-electron chi connectivity index (χ0n) is 9.21. The lowest BCUT2D eigenvalue weighted by atomic mass is 9.81. The Kier molecular flexibility index (Phi) is 3.25. The molecule has 18 heavy (non-hydrogen) atoms. The van der Waals surface area contributed by atoms with E-state index in [1.165, 1.54) is 24.3 Å². The van der Waals surface area contributed by atoms with Crippen LogP contribution in [0.2, 0.25) is 0 Å². The van der Waals surface area contributed by atoms with E-state index in [4.69, 9.17) is 5.11 Å². The number of carboxylic acids is 1. The van der Waals surface area contributed by atoms with E-state index >= 15 is 0 Å². The first kappa shape index (κ1) is 13.5. The van der Waals surface area contributed by atoms with Gasteiger partial charge >= 0.3 is 5.97 Å². The molecule has 5 nitrogen and oxygen atoms in total. The summed E-state index contributed by atoms with van der Waals surface area (Å²) in [6, 6.07) is 5.79. The van der Waals surface area contributed by atoms with Crippen LogP contribution in [0.3, 0.4) is 0 Å². The molecule has 1 aliphatic rings. The van der Waals surface area contributed by atoms with Crippen molar-refractivity contribution < 1.29 is 23.4 Å². The van der Waals surface area contributed by atoms with Crippen molar-refractivity contribution in [3.63, 3.8) is 0 Å². The first-order valence-corrected chi connectivity index (χ1v) is 7.49. The highest BCUT2D eigenvalue weighted by atomic mass is 79.9. The van der Waals surface area contributed by atoms with Crippen LogP contribution >= 0.6 is 15.9 Å². The number of aliphatic hydroxyl groups excluding tert-OH is 1. The molecule has 2 N–H and O–H groups in total. The molecule has 0 saturated heterocycles. The number of carboxylic acid groups (broad SMARTS) is 1. The number of halogens is 1. The molecule has 0 aromatic heterocycles. The first-order chi connectivity index (χ1) is 8.29. The van der Waals surface area contributed by atoms with E-state index in [1.807, 2.05) is 0 Å². The van der Waals surface area contributed by atoms with Crippen molar-refractivity contribution in [1.82, 2.24) is 0 Å². The number of hydrogen-bond donors (Lipinski definition) is 2. The summed E-state index contributed by atoms with van der Waals surface area (Å²) in [5, 5.41) is 18.4. The molecule has 0 heterocycles. The molecule has 0 aliphatic heterocycles. The van der Waals surface area contributed by atoms with Crippen LogP contribution < -0.4 is 0 Å². The third kappa shape index (κ3) is 1.86. The maximum atomic E-state index is 12.3. The van der Waals surface area contributed by atoms with Crippen LogP contribution in [0.1, 0.15) is 12.8 Å². The standard InChI is InChI=1S/C11H11BrO5S/c12-7-1-3-9(4-2-7)18(16,17)11(10(14)15)5-8(13)6-11/h1-4,8,13H,5-6H2,(H,14,15). The molecule has 0 amide bonds. The smallest absolute Gasteiger partial charge is 0.325 e. The van der Waals surface area contributed by atoms with Crippen LogP contribution in [0.25, 0.3) is 0 Å². The van der Waals surface area contributed by atoms with Crippen molar-refractivity contribution in [2.24, 2.45) is 0 Å². The maximum absolute atomic E-state index is 12.3. The molecule has 0 unspecified atom stereocenters. The summed E-state index contributed by atoms with van der Waals surface area (Å²) in [7, 11) is -3.99. The number of carbonyl (C=O) groups is 1. The Hall–Kier alpha value is -0.920. The van der Waals surface area contributed by atoms with Crippen LogP contribution in [0.5, 0.6) is 0 Å². The van der Waals surface area contributed by atoms with Gasteiger partial charge in [0.05, 0.1) is 11.0 Å². The van der Waals surface area contributed by atoms with Gasteiger partial charge in [0, 0.05) is 17.3 Å². The summed E-state index contributed by atoms with van der Waals surface area (Å²) in [6.07, 6.45) is -1.40. The average molecular weight is 335 g/mol. The van der Waals surface area contributed by atoms with E-state index in [0.29, 0.717) is 4.47 Å². The molecule has 0 radical (unpaired) electrons. The third-order valence-corrected chi connectivity index (χ3v) is 6.12. The average Bonchev–Trinajstić information content (AvgIpc) is 2.24. The van der Waals surface area contributed by atoms with E-state index in [9.17, 15) is 18.3 Å². The van der Waals surface area contributed by atoms with E-state index in [0.717, 1.165) is 0 Å². The third-order valence-electron chi connectivity index (χ3n) is 3.16. The van der Waals surface area contributed by atoms with Crippen molar-refractivity contribution >= 4 is 31.7 Å². The summed E-state index contributed by atoms with van der Waals surface area (Å²) in [6.45, 7) is 0. The Labute approximate surface area is 112 Å². The van der Waals surface area contributed by atoms with E-state index in [-0.39, 0.29) is 17.7 Å². The molecular formula is C11H11BrO5S. The highest BCUT2D eigenvalue weighted by Gasteiger charge is 2.60. The van der Waals surface area contributed by atoms with Gasteiger partial charge in [-0.25, -0.2) is 8.42 Å². The van der Waals surface area contributed by atoms with Crippen molar-refractivity contribution in [3.05, 3.63) is 28.7 Å². The van der Waals surface area contributed by atoms with E-state index < -0.39 is 26.7 Å². The fraction of sp³-hybridized carbons (Fsp3) is 0.364. The SMILES string of the molecule is O=C(O)C1(S(=O)(=O)c2ccc(Br)cc2)CC(O)C1. The van der Waals surface area contributed by atoms with Crippen molar-refractivity contribution in [2.45, 2.75) is 28.6 Å². The van der Waals surface area contributed by atoms with Gasteiger partial charge in [-0.2, -0.15) is 0 Å². The Bertz CT molecular complexity index is 572.